The summed E-state index contributed by atoms with van der Waals surface area (Å²) in [7, 11) is 0. The van der Waals surface area contributed by atoms with Crippen LogP contribution in [0.15, 0.2) is 170 Å². The Labute approximate surface area is 272 Å². The van der Waals surface area contributed by atoms with Crippen molar-refractivity contribution >= 4 is 32.7 Å². The molecule has 0 aliphatic heterocycles. The Kier molecular flexibility index (Phi) is 6.43. The van der Waals surface area contributed by atoms with Gasteiger partial charge >= 0.3 is 0 Å². The molecule has 0 N–H and O–H groups in total. The van der Waals surface area contributed by atoms with E-state index in [2.05, 4.69) is 138 Å². The zero-order valence-corrected chi connectivity index (χ0v) is 25.5. The van der Waals surface area contributed by atoms with Gasteiger partial charge < -0.3 is 4.57 Å². The zero-order chi connectivity index (χ0) is 31.2. The van der Waals surface area contributed by atoms with Gasteiger partial charge in [0.15, 0.2) is 5.82 Å². The molecule has 0 atom stereocenters. The van der Waals surface area contributed by atoms with Crippen LogP contribution in [-0.4, -0.2) is 19.5 Å². The average Bonchev–Trinajstić information content (AvgIpc) is 3.51. The number of pyridine rings is 1. The Balaban J connectivity index is 1.26. The summed E-state index contributed by atoms with van der Waals surface area (Å²) in [6.07, 6.45) is 0. The van der Waals surface area contributed by atoms with Gasteiger partial charge in [-0.1, -0.05) is 140 Å². The lowest BCUT2D eigenvalue weighted by Gasteiger charge is -2.13. The molecule has 0 fully saturated rings. The van der Waals surface area contributed by atoms with Crippen molar-refractivity contribution in [3.05, 3.63) is 170 Å². The van der Waals surface area contributed by atoms with Crippen molar-refractivity contribution in [3.8, 4) is 50.8 Å². The van der Waals surface area contributed by atoms with Gasteiger partial charge in [0.2, 0.25) is 0 Å². The highest BCUT2D eigenvalue weighted by Gasteiger charge is 2.20. The Morgan fingerprint density at radius 1 is 0.404 bits per heavy atom. The number of hydrogen-bond donors (Lipinski definition) is 0. The molecule has 9 aromatic rings. The molecule has 220 valence electrons. The summed E-state index contributed by atoms with van der Waals surface area (Å²) in [5, 5.41) is 3.57. The van der Waals surface area contributed by atoms with Crippen molar-refractivity contribution < 1.29 is 0 Å². The monoisotopic (exact) mass is 600 g/mol. The number of aromatic nitrogens is 4. The molecule has 6 aromatic carbocycles. The van der Waals surface area contributed by atoms with Gasteiger partial charge in [-0.15, -0.1) is 0 Å². The van der Waals surface area contributed by atoms with Crippen molar-refractivity contribution in [3.63, 3.8) is 0 Å². The van der Waals surface area contributed by atoms with Crippen LogP contribution in [0.4, 0.5) is 0 Å². The molecule has 0 bridgehead atoms. The fourth-order valence-corrected chi connectivity index (χ4v) is 6.61. The topological polar surface area (TPSA) is 43.6 Å². The summed E-state index contributed by atoms with van der Waals surface area (Å²) in [5.74, 6) is 0.707. The average molecular weight is 601 g/mol. The molecule has 0 aliphatic rings. The van der Waals surface area contributed by atoms with Gasteiger partial charge in [-0.2, -0.15) is 0 Å². The smallest absolute Gasteiger partial charge is 0.160 e. The maximum atomic E-state index is 5.26. The summed E-state index contributed by atoms with van der Waals surface area (Å²) in [4.78, 5) is 15.3. The molecule has 4 heteroatoms. The molecule has 0 amide bonds. The zero-order valence-electron chi connectivity index (χ0n) is 25.5. The Morgan fingerprint density at radius 2 is 0.936 bits per heavy atom. The molecular weight excluding hydrogens is 573 g/mol. The maximum absolute atomic E-state index is 5.26. The number of para-hydroxylation sites is 2. The van der Waals surface area contributed by atoms with E-state index in [-0.39, 0.29) is 0 Å². The quantitative estimate of drug-likeness (QED) is 0.197. The van der Waals surface area contributed by atoms with E-state index in [9.17, 15) is 0 Å². The van der Waals surface area contributed by atoms with Gasteiger partial charge in [-0.25, -0.2) is 15.0 Å². The molecule has 0 spiro atoms. The first kappa shape index (κ1) is 27.0. The predicted octanol–water partition coefficient (Wildman–Crippen LogP) is 10.8. The minimum atomic E-state index is 0.707. The third kappa shape index (κ3) is 4.66. The summed E-state index contributed by atoms with van der Waals surface area (Å²) in [5.41, 5.74) is 11.2. The fraction of sp³-hybridized carbons (Fsp3) is 0. The SMILES string of the molecule is c1ccc(-c2cc(-c3ccc(-n4c5ccccc5c5c6ccccc6nc(-c6ccccc6)c54)cc3)nc(-c3ccccc3)n2)cc1. The molecule has 3 heterocycles. The molecular formula is C43H28N4. The van der Waals surface area contributed by atoms with Gasteiger partial charge in [0.25, 0.3) is 0 Å². The van der Waals surface area contributed by atoms with Gasteiger partial charge in [-0.05, 0) is 30.3 Å². The summed E-state index contributed by atoms with van der Waals surface area (Å²) >= 11 is 0. The van der Waals surface area contributed by atoms with E-state index >= 15 is 0 Å². The molecule has 9 rings (SSSR count). The van der Waals surface area contributed by atoms with E-state index in [1.165, 1.54) is 10.8 Å². The van der Waals surface area contributed by atoms with Crippen LogP contribution in [0.3, 0.4) is 0 Å². The van der Waals surface area contributed by atoms with Crippen molar-refractivity contribution in [2.45, 2.75) is 0 Å². The highest BCUT2D eigenvalue weighted by molar-refractivity contribution is 6.23. The third-order valence-electron chi connectivity index (χ3n) is 8.80. The van der Waals surface area contributed by atoms with Crippen LogP contribution in [0, 0.1) is 0 Å². The molecule has 4 nitrogen and oxygen atoms in total. The molecule has 3 aromatic heterocycles. The molecule has 0 unspecified atom stereocenters. The minimum absolute atomic E-state index is 0.707. The maximum Gasteiger partial charge on any atom is 0.160 e. The number of hydrogen-bond acceptors (Lipinski definition) is 3. The van der Waals surface area contributed by atoms with Crippen molar-refractivity contribution in [1.82, 2.24) is 19.5 Å². The second-order valence-corrected chi connectivity index (χ2v) is 11.7. The van der Waals surface area contributed by atoms with Crippen LogP contribution in [0.2, 0.25) is 0 Å². The van der Waals surface area contributed by atoms with E-state index in [0.717, 1.165) is 67.0 Å². The first-order chi connectivity index (χ1) is 23.3. The first-order valence-corrected chi connectivity index (χ1v) is 15.8. The van der Waals surface area contributed by atoms with E-state index in [1.54, 1.807) is 0 Å². The van der Waals surface area contributed by atoms with Gasteiger partial charge in [0.05, 0.1) is 33.6 Å². The van der Waals surface area contributed by atoms with Crippen molar-refractivity contribution in [2.24, 2.45) is 0 Å². The largest absolute Gasteiger partial charge is 0.307 e. The third-order valence-corrected chi connectivity index (χ3v) is 8.80. The van der Waals surface area contributed by atoms with Crippen LogP contribution in [-0.2, 0) is 0 Å². The van der Waals surface area contributed by atoms with Crippen LogP contribution in [0.5, 0.6) is 0 Å². The molecule has 0 radical (unpaired) electrons. The molecule has 0 aliphatic carbocycles. The van der Waals surface area contributed by atoms with Crippen molar-refractivity contribution in [2.75, 3.05) is 0 Å². The van der Waals surface area contributed by atoms with E-state index in [0.29, 0.717) is 5.82 Å². The normalized spacial score (nSPS) is 11.4. The Hall–Kier alpha value is -6.39. The van der Waals surface area contributed by atoms with Crippen molar-refractivity contribution in [1.29, 1.82) is 0 Å². The second kappa shape index (κ2) is 11.2. The van der Waals surface area contributed by atoms with Crippen LogP contribution in [0.1, 0.15) is 0 Å². The fourth-order valence-electron chi connectivity index (χ4n) is 6.61. The summed E-state index contributed by atoms with van der Waals surface area (Å²) in [6.45, 7) is 0. The number of fused-ring (bicyclic) bond motifs is 5. The predicted molar refractivity (Wildman–Crippen MR) is 193 cm³/mol. The second-order valence-electron chi connectivity index (χ2n) is 11.7. The van der Waals surface area contributed by atoms with Gasteiger partial charge in [-0.3, -0.25) is 0 Å². The number of rotatable bonds is 5. The summed E-state index contributed by atoms with van der Waals surface area (Å²) in [6, 6.07) is 58.9. The van der Waals surface area contributed by atoms with Crippen LogP contribution >= 0.6 is 0 Å². The van der Waals surface area contributed by atoms with Gasteiger partial charge in [0, 0.05) is 44.1 Å². The highest BCUT2D eigenvalue weighted by atomic mass is 15.0. The number of benzene rings is 6. The molecule has 0 saturated carbocycles. The lowest BCUT2D eigenvalue weighted by molar-refractivity contribution is 1.16. The lowest BCUT2D eigenvalue weighted by atomic mass is 10.0. The Bertz CT molecular complexity index is 2480. The lowest BCUT2D eigenvalue weighted by Crippen LogP contribution is -1.98. The van der Waals surface area contributed by atoms with E-state index < -0.39 is 0 Å². The summed E-state index contributed by atoms with van der Waals surface area (Å²) < 4.78 is 2.36. The standard InChI is InChI=1S/C43H28N4/c1-4-14-29(15-5-1)37-28-38(46-43(45-37)32-18-8-3-9-19-32)30-24-26-33(27-25-30)47-39-23-13-11-21-35(39)40-34-20-10-12-22-36(34)44-41(42(40)47)31-16-6-2-7-17-31/h1-28H. The van der Waals surface area contributed by atoms with Crippen LogP contribution in [0.25, 0.3) is 83.6 Å². The molecule has 47 heavy (non-hydrogen) atoms. The Morgan fingerprint density at radius 3 is 1.62 bits per heavy atom. The van der Waals surface area contributed by atoms with E-state index in [1.807, 2.05) is 36.4 Å². The first-order valence-electron chi connectivity index (χ1n) is 15.8. The van der Waals surface area contributed by atoms with E-state index in [4.69, 9.17) is 15.0 Å². The number of nitrogens with zero attached hydrogens (tertiary/aromatic N) is 4. The highest BCUT2D eigenvalue weighted by Crippen LogP contribution is 2.41. The molecule has 0 saturated heterocycles. The minimum Gasteiger partial charge on any atom is -0.307 e. The van der Waals surface area contributed by atoms with Crippen LogP contribution < -0.4 is 0 Å². The van der Waals surface area contributed by atoms with Gasteiger partial charge in [0.1, 0.15) is 0 Å².